The largest absolute Gasteiger partial charge is 0.389 e. The van der Waals surface area contributed by atoms with Crippen molar-refractivity contribution >= 4 is 5.91 Å². The quantitative estimate of drug-likeness (QED) is 0.586. The summed E-state index contributed by atoms with van der Waals surface area (Å²) in [6.45, 7) is 2.56. The Morgan fingerprint density at radius 1 is 1.57 bits per heavy atom. The zero-order valence-corrected chi connectivity index (χ0v) is 8.97. The Hall–Kier alpha value is -0.610. The third-order valence-electron chi connectivity index (χ3n) is 2.83. The molecule has 1 unspecified atom stereocenters. The summed E-state index contributed by atoms with van der Waals surface area (Å²) in [4.78, 5) is 11.0. The fraction of sp³-hybridized carbons (Fsp3) is 0.900. The van der Waals surface area contributed by atoms with Crippen LogP contribution in [0.15, 0.2) is 0 Å². The van der Waals surface area contributed by atoms with E-state index in [1.165, 1.54) is 0 Å². The Kier molecular flexibility index (Phi) is 3.89. The topological polar surface area (TPSA) is 61.4 Å². The molecule has 1 saturated carbocycles. The maximum absolute atomic E-state index is 11.0. The van der Waals surface area contributed by atoms with Crippen molar-refractivity contribution in [2.24, 2.45) is 0 Å². The molecule has 4 heteroatoms. The standard InChI is InChI=1S/C10H20N2O2/c1-8(6-9(13)11-2)12-7-10(14)4-3-5-10/h8,12,14H,3-7H2,1-2H3,(H,11,13). The van der Waals surface area contributed by atoms with Crippen molar-refractivity contribution in [2.45, 2.75) is 44.2 Å². The van der Waals surface area contributed by atoms with Crippen LogP contribution in [-0.2, 0) is 4.79 Å². The van der Waals surface area contributed by atoms with E-state index < -0.39 is 5.60 Å². The van der Waals surface area contributed by atoms with E-state index in [-0.39, 0.29) is 11.9 Å². The summed E-state index contributed by atoms with van der Waals surface area (Å²) in [5.74, 6) is 0.0330. The first-order valence-corrected chi connectivity index (χ1v) is 5.22. The van der Waals surface area contributed by atoms with Crippen molar-refractivity contribution in [3.63, 3.8) is 0 Å². The molecule has 0 saturated heterocycles. The molecule has 14 heavy (non-hydrogen) atoms. The van der Waals surface area contributed by atoms with Gasteiger partial charge in [0, 0.05) is 26.1 Å². The van der Waals surface area contributed by atoms with Gasteiger partial charge in [-0.25, -0.2) is 0 Å². The number of amides is 1. The van der Waals surface area contributed by atoms with Gasteiger partial charge in [0.15, 0.2) is 0 Å². The number of carbonyl (C=O) groups is 1. The molecule has 1 fully saturated rings. The van der Waals surface area contributed by atoms with Gasteiger partial charge in [-0.1, -0.05) is 0 Å². The van der Waals surface area contributed by atoms with Crippen LogP contribution in [0.5, 0.6) is 0 Å². The van der Waals surface area contributed by atoms with Crippen LogP contribution in [0.2, 0.25) is 0 Å². The molecule has 1 amide bonds. The zero-order valence-electron chi connectivity index (χ0n) is 8.97. The van der Waals surface area contributed by atoms with E-state index in [1.54, 1.807) is 7.05 Å². The summed E-state index contributed by atoms with van der Waals surface area (Å²) in [6.07, 6.45) is 3.34. The van der Waals surface area contributed by atoms with Gasteiger partial charge in [-0.2, -0.15) is 0 Å². The number of carbonyl (C=O) groups excluding carboxylic acids is 1. The first-order valence-electron chi connectivity index (χ1n) is 5.22. The molecule has 1 aliphatic rings. The Morgan fingerprint density at radius 3 is 2.64 bits per heavy atom. The summed E-state index contributed by atoms with van der Waals surface area (Å²) in [6, 6.07) is 0.125. The van der Waals surface area contributed by atoms with Crippen molar-refractivity contribution in [2.75, 3.05) is 13.6 Å². The molecule has 1 rings (SSSR count). The van der Waals surface area contributed by atoms with Crippen molar-refractivity contribution in [3.05, 3.63) is 0 Å². The lowest BCUT2D eigenvalue weighted by atomic mass is 9.80. The molecule has 0 aromatic heterocycles. The smallest absolute Gasteiger partial charge is 0.221 e. The van der Waals surface area contributed by atoms with Gasteiger partial charge in [-0.3, -0.25) is 4.79 Å². The van der Waals surface area contributed by atoms with Crippen molar-refractivity contribution in [1.29, 1.82) is 0 Å². The first-order chi connectivity index (χ1) is 6.56. The molecule has 0 radical (unpaired) electrons. The maximum atomic E-state index is 11.0. The predicted octanol–water partition coefficient (Wildman–Crippen LogP) is 0.0156. The monoisotopic (exact) mass is 200 g/mol. The van der Waals surface area contributed by atoms with Gasteiger partial charge in [-0.15, -0.1) is 0 Å². The third kappa shape index (κ3) is 3.27. The molecule has 82 valence electrons. The van der Waals surface area contributed by atoms with E-state index in [0.29, 0.717) is 13.0 Å². The highest BCUT2D eigenvalue weighted by Gasteiger charge is 2.34. The number of rotatable bonds is 5. The normalized spacial score (nSPS) is 21.1. The minimum atomic E-state index is -0.503. The van der Waals surface area contributed by atoms with Crippen LogP contribution < -0.4 is 10.6 Å². The van der Waals surface area contributed by atoms with Gasteiger partial charge in [-0.05, 0) is 26.2 Å². The molecule has 0 heterocycles. The van der Waals surface area contributed by atoms with Crippen molar-refractivity contribution < 1.29 is 9.90 Å². The average molecular weight is 200 g/mol. The number of nitrogens with one attached hydrogen (secondary N) is 2. The fourth-order valence-electron chi connectivity index (χ4n) is 1.58. The molecule has 4 nitrogen and oxygen atoms in total. The van der Waals surface area contributed by atoms with Gasteiger partial charge < -0.3 is 15.7 Å². The summed E-state index contributed by atoms with van der Waals surface area (Å²) in [5.41, 5.74) is -0.503. The van der Waals surface area contributed by atoms with Crippen LogP contribution in [0, 0.1) is 0 Å². The minimum Gasteiger partial charge on any atom is -0.389 e. The van der Waals surface area contributed by atoms with E-state index in [2.05, 4.69) is 10.6 Å². The minimum absolute atomic E-state index is 0.0330. The SMILES string of the molecule is CNC(=O)CC(C)NCC1(O)CCC1. The van der Waals surface area contributed by atoms with Gasteiger partial charge >= 0.3 is 0 Å². The van der Waals surface area contributed by atoms with Crippen molar-refractivity contribution in [1.82, 2.24) is 10.6 Å². The Morgan fingerprint density at radius 2 is 2.21 bits per heavy atom. The molecular formula is C10H20N2O2. The van der Waals surface area contributed by atoms with Gasteiger partial charge in [0.05, 0.1) is 5.60 Å². The fourth-order valence-corrected chi connectivity index (χ4v) is 1.58. The van der Waals surface area contributed by atoms with Crippen LogP contribution in [0.4, 0.5) is 0 Å². The Bertz CT molecular complexity index is 202. The second kappa shape index (κ2) is 4.75. The molecule has 3 N–H and O–H groups in total. The highest BCUT2D eigenvalue weighted by Crippen LogP contribution is 2.30. The van der Waals surface area contributed by atoms with Gasteiger partial charge in [0.1, 0.15) is 0 Å². The van der Waals surface area contributed by atoms with E-state index >= 15 is 0 Å². The van der Waals surface area contributed by atoms with Crippen LogP contribution >= 0.6 is 0 Å². The first kappa shape index (κ1) is 11.5. The van der Waals surface area contributed by atoms with Crippen LogP contribution in [0.3, 0.4) is 0 Å². The Labute approximate surface area is 85.1 Å². The molecule has 0 bridgehead atoms. The van der Waals surface area contributed by atoms with E-state index in [4.69, 9.17) is 0 Å². The lowest BCUT2D eigenvalue weighted by Gasteiger charge is -2.37. The number of hydrogen-bond acceptors (Lipinski definition) is 3. The van der Waals surface area contributed by atoms with E-state index in [0.717, 1.165) is 19.3 Å². The van der Waals surface area contributed by atoms with Crippen LogP contribution in [0.1, 0.15) is 32.6 Å². The molecule has 0 aromatic carbocycles. The van der Waals surface area contributed by atoms with Crippen LogP contribution in [0.25, 0.3) is 0 Å². The second-order valence-corrected chi connectivity index (χ2v) is 4.24. The lowest BCUT2D eigenvalue weighted by molar-refractivity contribution is -0.121. The van der Waals surface area contributed by atoms with Gasteiger partial charge in [0.25, 0.3) is 0 Å². The highest BCUT2D eigenvalue weighted by atomic mass is 16.3. The highest BCUT2D eigenvalue weighted by molar-refractivity contribution is 5.76. The number of aliphatic hydroxyl groups is 1. The predicted molar refractivity (Wildman–Crippen MR) is 54.9 cm³/mol. The second-order valence-electron chi connectivity index (χ2n) is 4.24. The molecule has 1 atom stereocenters. The lowest BCUT2D eigenvalue weighted by Crippen LogP contribution is -2.49. The Balaban J connectivity index is 2.14. The summed E-state index contributed by atoms with van der Waals surface area (Å²) < 4.78 is 0. The molecule has 0 spiro atoms. The van der Waals surface area contributed by atoms with Crippen molar-refractivity contribution in [3.8, 4) is 0 Å². The average Bonchev–Trinajstić information content (AvgIpc) is 2.11. The third-order valence-corrected chi connectivity index (χ3v) is 2.83. The van der Waals surface area contributed by atoms with Gasteiger partial charge in [0.2, 0.25) is 5.91 Å². The molecular weight excluding hydrogens is 180 g/mol. The van der Waals surface area contributed by atoms with E-state index in [1.807, 2.05) is 6.92 Å². The molecule has 1 aliphatic carbocycles. The number of hydrogen-bond donors (Lipinski definition) is 3. The summed E-state index contributed by atoms with van der Waals surface area (Å²) in [7, 11) is 1.63. The summed E-state index contributed by atoms with van der Waals surface area (Å²) >= 11 is 0. The molecule has 0 aromatic rings. The molecule has 0 aliphatic heterocycles. The zero-order chi connectivity index (χ0) is 10.6. The van der Waals surface area contributed by atoms with Crippen LogP contribution in [-0.4, -0.2) is 36.2 Å². The van der Waals surface area contributed by atoms with E-state index in [9.17, 15) is 9.90 Å². The maximum Gasteiger partial charge on any atom is 0.221 e. The summed E-state index contributed by atoms with van der Waals surface area (Å²) in [5, 5.41) is 15.5.